The van der Waals surface area contributed by atoms with Crippen LogP contribution >= 0.6 is 0 Å². The summed E-state index contributed by atoms with van der Waals surface area (Å²) in [5.41, 5.74) is 13.0. The van der Waals surface area contributed by atoms with Crippen LogP contribution in [-0.2, 0) is 0 Å². The molecule has 1 atom stereocenters. The second-order valence-electron chi connectivity index (χ2n) is 14.4. The minimum Gasteiger partial charge on any atom is -0.359 e. The van der Waals surface area contributed by atoms with Crippen LogP contribution in [0.3, 0.4) is 0 Å². The summed E-state index contributed by atoms with van der Waals surface area (Å²) < 4.78 is 5.00. The summed E-state index contributed by atoms with van der Waals surface area (Å²) in [4.78, 5) is 5.34. The first-order chi connectivity index (χ1) is 26.8. The highest BCUT2D eigenvalue weighted by Gasteiger charge is 2.22. The SMILES string of the molecule is c1ccc(-c2ccc(C3=c4ccccc4=NC(c4ccc5c(c4)c4ccccc4n4c6ccccc6c6ccc7c8ccccc8n5c7c64)N3)cc2)cc1. The van der Waals surface area contributed by atoms with Gasteiger partial charge >= 0.3 is 0 Å². The lowest BCUT2D eigenvalue weighted by atomic mass is 10.00. The first kappa shape index (κ1) is 29.4. The maximum atomic E-state index is 5.34. The normalized spacial score (nSPS) is 14.4. The zero-order chi connectivity index (χ0) is 35.3. The van der Waals surface area contributed by atoms with E-state index in [2.05, 4.69) is 196 Å². The third kappa shape index (κ3) is 4.11. The van der Waals surface area contributed by atoms with Crippen LogP contribution in [0.2, 0.25) is 0 Å². The highest BCUT2D eigenvalue weighted by Crippen LogP contribution is 2.42. The van der Waals surface area contributed by atoms with Gasteiger partial charge in [-0.15, -0.1) is 0 Å². The Morgan fingerprint density at radius 2 is 0.889 bits per heavy atom. The Balaban J connectivity index is 1.14. The molecule has 12 rings (SSSR count). The average Bonchev–Trinajstić information content (AvgIpc) is 3.76. The molecule has 8 aromatic carbocycles. The third-order valence-corrected chi connectivity index (χ3v) is 11.5. The Morgan fingerprint density at radius 3 is 1.54 bits per heavy atom. The fraction of sp³-hybridized carbons (Fsp3) is 0.0200. The summed E-state index contributed by atoms with van der Waals surface area (Å²) in [6.45, 7) is 0. The van der Waals surface area contributed by atoms with Crippen LogP contribution in [0.4, 0.5) is 0 Å². The number of hydrogen-bond donors (Lipinski definition) is 1. The van der Waals surface area contributed by atoms with E-state index in [0.29, 0.717) is 0 Å². The fourth-order valence-corrected chi connectivity index (χ4v) is 9.07. The number of nitrogens with one attached hydrogen (secondary N) is 1. The summed E-state index contributed by atoms with van der Waals surface area (Å²) in [7, 11) is 0. The van der Waals surface area contributed by atoms with E-state index in [0.717, 1.165) is 27.4 Å². The summed E-state index contributed by atoms with van der Waals surface area (Å²) in [5.74, 6) is 0. The van der Waals surface area contributed by atoms with E-state index in [1.165, 1.54) is 76.5 Å². The minimum atomic E-state index is -0.278. The van der Waals surface area contributed by atoms with Gasteiger partial charge in [0, 0.05) is 37.5 Å². The molecule has 252 valence electrons. The highest BCUT2D eigenvalue weighted by atomic mass is 15.1. The molecule has 54 heavy (non-hydrogen) atoms. The molecule has 1 aliphatic rings. The summed E-state index contributed by atoms with van der Waals surface area (Å²) in [5, 5.41) is 13.4. The Morgan fingerprint density at radius 1 is 0.389 bits per heavy atom. The van der Waals surface area contributed by atoms with Crippen molar-refractivity contribution >= 4 is 71.1 Å². The third-order valence-electron chi connectivity index (χ3n) is 11.5. The molecule has 4 nitrogen and oxygen atoms in total. The van der Waals surface area contributed by atoms with Gasteiger partial charge in [0.25, 0.3) is 0 Å². The predicted molar refractivity (Wildman–Crippen MR) is 223 cm³/mol. The van der Waals surface area contributed by atoms with E-state index in [4.69, 9.17) is 4.99 Å². The van der Waals surface area contributed by atoms with Crippen molar-refractivity contribution in [3.63, 3.8) is 0 Å². The van der Waals surface area contributed by atoms with E-state index < -0.39 is 0 Å². The second kappa shape index (κ2) is 11.2. The molecule has 1 aliphatic heterocycles. The number of para-hydroxylation sites is 4. The Kier molecular flexibility index (Phi) is 6.08. The van der Waals surface area contributed by atoms with Crippen molar-refractivity contribution in [3.8, 4) is 11.1 Å². The zero-order valence-corrected chi connectivity index (χ0v) is 29.2. The van der Waals surface area contributed by atoms with Crippen molar-refractivity contribution in [1.29, 1.82) is 0 Å². The van der Waals surface area contributed by atoms with Crippen molar-refractivity contribution in [2.24, 2.45) is 4.99 Å². The van der Waals surface area contributed by atoms with Crippen molar-refractivity contribution in [3.05, 3.63) is 204 Å². The number of benzene rings is 8. The van der Waals surface area contributed by atoms with E-state index >= 15 is 0 Å². The van der Waals surface area contributed by atoms with Gasteiger partial charge in [0.15, 0.2) is 0 Å². The van der Waals surface area contributed by atoms with Gasteiger partial charge in [-0.25, -0.2) is 0 Å². The molecule has 0 saturated carbocycles. The first-order valence-corrected chi connectivity index (χ1v) is 18.6. The molecule has 11 aromatic rings. The average molecular weight is 689 g/mol. The van der Waals surface area contributed by atoms with Crippen molar-refractivity contribution in [2.75, 3.05) is 0 Å². The predicted octanol–water partition coefficient (Wildman–Crippen LogP) is 10.7. The molecular weight excluding hydrogens is 657 g/mol. The highest BCUT2D eigenvalue weighted by molar-refractivity contribution is 6.25. The molecule has 0 amide bonds. The lowest BCUT2D eigenvalue weighted by Gasteiger charge is -2.23. The molecule has 3 aromatic heterocycles. The van der Waals surface area contributed by atoms with Crippen LogP contribution < -0.4 is 15.9 Å². The smallest absolute Gasteiger partial charge is 0.145 e. The largest absolute Gasteiger partial charge is 0.359 e. The molecule has 1 N–H and O–H groups in total. The first-order valence-electron chi connectivity index (χ1n) is 18.6. The van der Waals surface area contributed by atoms with Gasteiger partial charge in [-0.2, -0.15) is 0 Å². The van der Waals surface area contributed by atoms with E-state index in [-0.39, 0.29) is 6.17 Å². The van der Waals surface area contributed by atoms with Crippen LogP contribution in [0.15, 0.2) is 187 Å². The molecule has 4 heterocycles. The molecular formula is C50H32N4. The van der Waals surface area contributed by atoms with Crippen molar-refractivity contribution < 1.29 is 0 Å². The van der Waals surface area contributed by atoms with Gasteiger partial charge in [-0.3, -0.25) is 4.99 Å². The molecule has 0 radical (unpaired) electrons. The lowest BCUT2D eigenvalue weighted by molar-refractivity contribution is 0.635. The molecule has 0 bridgehead atoms. The summed E-state index contributed by atoms with van der Waals surface area (Å²) >= 11 is 0. The summed E-state index contributed by atoms with van der Waals surface area (Å²) in [6, 6.07) is 66.1. The quantitative estimate of drug-likeness (QED) is 0.197. The van der Waals surface area contributed by atoms with Gasteiger partial charge in [0.2, 0.25) is 0 Å². The van der Waals surface area contributed by atoms with Crippen LogP contribution in [0, 0.1) is 0 Å². The molecule has 4 heteroatoms. The number of rotatable bonds is 3. The molecule has 1 unspecified atom stereocenters. The lowest BCUT2D eigenvalue weighted by Crippen LogP contribution is -2.39. The Hall–Kier alpha value is -7.17. The van der Waals surface area contributed by atoms with Crippen LogP contribution in [0.1, 0.15) is 17.3 Å². The van der Waals surface area contributed by atoms with Gasteiger partial charge < -0.3 is 14.1 Å². The van der Waals surface area contributed by atoms with Gasteiger partial charge in [0.05, 0.1) is 44.2 Å². The van der Waals surface area contributed by atoms with Crippen molar-refractivity contribution in [2.45, 2.75) is 6.17 Å². The van der Waals surface area contributed by atoms with E-state index in [1.807, 2.05) is 0 Å². The monoisotopic (exact) mass is 688 g/mol. The van der Waals surface area contributed by atoms with Crippen LogP contribution in [0.25, 0.3) is 82.2 Å². The Bertz CT molecular complexity index is 3460. The zero-order valence-electron chi connectivity index (χ0n) is 29.2. The Labute approximate surface area is 310 Å². The number of nitrogens with zero attached hydrogens (tertiary/aromatic N) is 3. The van der Waals surface area contributed by atoms with Crippen LogP contribution in [-0.4, -0.2) is 8.80 Å². The standard InChI is InChI=1S/C50H32N4/c1-2-12-31(13-3-1)32-22-24-33(25-23-32)47-40-17-4-8-18-42(40)51-50(52-47)34-26-29-46-41(30-34)37-16-7-11-21-45(37)53-43-19-9-5-14-35(43)38-27-28-39-36-15-6-10-20-44(36)54(46)49(39)48(38)53/h1-30,50,52H. The fourth-order valence-electron chi connectivity index (χ4n) is 9.07. The van der Waals surface area contributed by atoms with Crippen LogP contribution in [0.5, 0.6) is 0 Å². The minimum absolute atomic E-state index is 0.278. The number of hydrogen-bond acceptors (Lipinski definition) is 2. The molecule has 0 fully saturated rings. The van der Waals surface area contributed by atoms with E-state index in [9.17, 15) is 0 Å². The summed E-state index contributed by atoms with van der Waals surface area (Å²) in [6.07, 6.45) is -0.278. The second-order valence-corrected chi connectivity index (χ2v) is 14.4. The van der Waals surface area contributed by atoms with Crippen molar-refractivity contribution in [1.82, 2.24) is 14.1 Å². The topological polar surface area (TPSA) is 33.2 Å². The van der Waals surface area contributed by atoms with E-state index in [1.54, 1.807) is 0 Å². The molecule has 0 saturated heterocycles. The van der Waals surface area contributed by atoms with Gasteiger partial charge in [0.1, 0.15) is 6.17 Å². The number of aromatic nitrogens is 2. The van der Waals surface area contributed by atoms with Gasteiger partial charge in [-0.05, 0) is 58.7 Å². The maximum absolute atomic E-state index is 5.34. The van der Waals surface area contributed by atoms with Gasteiger partial charge in [-0.1, -0.05) is 146 Å². The number of fused-ring (bicyclic) bond motifs is 12. The maximum Gasteiger partial charge on any atom is 0.145 e. The molecule has 0 spiro atoms. The molecule has 0 aliphatic carbocycles.